The fourth-order valence-corrected chi connectivity index (χ4v) is 3.06. The van der Waals surface area contributed by atoms with Crippen molar-refractivity contribution in [1.82, 2.24) is 4.98 Å². The van der Waals surface area contributed by atoms with Crippen molar-refractivity contribution in [2.24, 2.45) is 0 Å². The first-order valence-corrected chi connectivity index (χ1v) is 8.94. The van der Waals surface area contributed by atoms with Crippen molar-refractivity contribution in [2.45, 2.75) is 19.3 Å². The summed E-state index contributed by atoms with van der Waals surface area (Å²) in [7, 11) is 1.60. The van der Waals surface area contributed by atoms with Gasteiger partial charge >= 0.3 is 0 Å². The molecule has 0 amide bonds. The Balaban J connectivity index is 1.62. The third kappa shape index (κ3) is 5.10. The van der Waals surface area contributed by atoms with Crippen molar-refractivity contribution in [2.75, 3.05) is 30.6 Å². The molecular weight excluding hydrogens is 336 g/mol. The average molecular weight is 358 g/mol. The maximum absolute atomic E-state index is 8.79. The normalized spacial score (nSPS) is 13.3. The molecule has 1 aromatic heterocycles. The molecule has 1 aliphatic rings. The van der Waals surface area contributed by atoms with Crippen LogP contribution >= 0.6 is 0 Å². The third-order valence-electron chi connectivity index (χ3n) is 4.41. The standard InChI is InChI=1S/C22H22N4O/c1-27-25-21-9-4-14-24-22(21)26-15-11-18(12-16-26)5-2-6-19-7-3-8-20(17-19)10-13-23/h3-5,7-9,14,17,25H,10-12,15-16H2,1H3. The monoisotopic (exact) mass is 358 g/mol. The Morgan fingerprint density at radius 3 is 2.89 bits per heavy atom. The number of pyridine rings is 1. The number of hydrogen-bond acceptors (Lipinski definition) is 5. The van der Waals surface area contributed by atoms with Gasteiger partial charge in [0.25, 0.3) is 0 Å². The Kier molecular flexibility index (Phi) is 6.46. The molecule has 0 bridgehead atoms. The molecule has 1 aliphatic heterocycles. The number of nitriles is 1. The highest BCUT2D eigenvalue weighted by atomic mass is 16.6. The molecule has 0 aliphatic carbocycles. The summed E-state index contributed by atoms with van der Waals surface area (Å²) in [6, 6.07) is 13.9. The molecule has 2 heterocycles. The van der Waals surface area contributed by atoms with Crippen molar-refractivity contribution >= 4 is 11.5 Å². The molecule has 0 unspecified atom stereocenters. The number of anilines is 2. The fraction of sp³-hybridized carbons (Fsp3) is 0.273. The summed E-state index contributed by atoms with van der Waals surface area (Å²) in [4.78, 5) is 11.8. The van der Waals surface area contributed by atoms with Gasteiger partial charge in [0.2, 0.25) is 0 Å². The third-order valence-corrected chi connectivity index (χ3v) is 4.41. The first-order valence-electron chi connectivity index (χ1n) is 8.94. The summed E-state index contributed by atoms with van der Waals surface area (Å²) in [5.41, 5.74) is 7.07. The second kappa shape index (κ2) is 9.43. The Bertz CT molecular complexity index is 908. The smallest absolute Gasteiger partial charge is 0.154 e. The lowest BCUT2D eigenvalue weighted by molar-refractivity contribution is 0.271. The topological polar surface area (TPSA) is 61.2 Å². The predicted octanol–water partition coefficient (Wildman–Crippen LogP) is 3.70. The number of nitrogens with one attached hydrogen (secondary N) is 1. The van der Waals surface area contributed by atoms with Gasteiger partial charge in [0.05, 0.1) is 19.6 Å². The van der Waals surface area contributed by atoms with E-state index in [9.17, 15) is 0 Å². The highest BCUT2D eigenvalue weighted by Gasteiger charge is 2.17. The zero-order valence-corrected chi connectivity index (χ0v) is 15.4. The van der Waals surface area contributed by atoms with E-state index >= 15 is 0 Å². The van der Waals surface area contributed by atoms with Crippen LogP contribution in [0.5, 0.6) is 0 Å². The molecule has 0 atom stereocenters. The van der Waals surface area contributed by atoms with Crippen LogP contribution in [0.15, 0.2) is 54.2 Å². The molecule has 5 nitrogen and oxygen atoms in total. The Morgan fingerprint density at radius 2 is 2.11 bits per heavy atom. The first kappa shape index (κ1) is 18.5. The molecule has 1 saturated heterocycles. The SMILES string of the molecule is CONc1cccnc1N1CCC(=CC#Cc2cccc(CC#N)c2)CC1. The maximum Gasteiger partial charge on any atom is 0.154 e. The van der Waals surface area contributed by atoms with Crippen molar-refractivity contribution in [1.29, 1.82) is 5.26 Å². The summed E-state index contributed by atoms with van der Waals surface area (Å²) in [6.45, 7) is 1.81. The lowest BCUT2D eigenvalue weighted by atomic mass is 10.0. The second-order valence-corrected chi connectivity index (χ2v) is 6.27. The molecule has 136 valence electrons. The van der Waals surface area contributed by atoms with Gasteiger partial charge in [-0.25, -0.2) is 4.98 Å². The van der Waals surface area contributed by atoms with Gasteiger partial charge in [-0.15, -0.1) is 0 Å². The van der Waals surface area contributed by atoms with Crippen LogP contribution in [0.3, 0.4) is 0 Å². The Morgan fingerprint density at radius 1 is 1.26 bits per heavy atom. The maximum atomic E-state index is 8.79. The van der Waals surface area contributed by atoms with E-state index in [-0.39, 0.29) is 0 Å². The van der Waals surface area contributed by atoms with E-state index in [0.29, 0.717) is 6.42 Å². The van der Waals surface area contributed by atoms with Gasteiger partial charge in [0.1, 0.15) is 5.69 Å². The minimum atomic E-state index is 0.417. The molecule has 1 aromatic carbocycles. The second-order valence-electron chi connectivity index (χ2n) is 6.27. The van der Waals surface area contributed by atoms with E-state index in [0.717, 1.165) is 48.6 Å². The molecule has 0 radical (unpaired) electrons. The van der Waals surface area contributed by atoms with Gasteiger partial charge in [-0.3, -0.25) is 10.3 Å². The number of piperidine rings is 1. The number of allylic oxidation sites excluding steroid dienone is 1. The molecule has 3 rings (SSSR count). The van der Waals surface area contributed by atoms with Gasteiger partial charge < -0.3 is 4.90 Å². The van der Waals surface area contributed by atoms with E-state index in [2.05, 4.69) is 33.3 Å². The van der Waals surface area contributed by atoms with Gasteiger partial charge in [-0.1, -0.05) is 29.5 Å². The van der Waals surface area contributed by atoms with Crippen molar-refractivity contribution in [3.8, 4) is 17.9 Å². The summed E-state index contributed by atoms with van der Waals surface area (Å²) in [6.07, 6.45) is 6.17. The molecule has 1 N–H and O–H groups in total. The summed E-state index contributed by atoms with van der Waals surface area (Å²) >= 11 is 0. The van der Waals surface area contributed by atoms with E-state index in [1.54, 1.807) is 13.3 Å². The van der Waals surface area contributed by atoms with Crippen LogP contribution in [-0.2, 0) is 11.3 Å². The minimum Gasteiger partial charge on any atom is -0.354 e. The molecule has 27 heavy (non-hydrogen) atoms. The van der Waals surface area contributed by atoms with Gasteiger partial charge in [-0.05, 0) is 48.7 Å². The zero-order valence-electron chi connectivity index (χ0n) is 15.4. The number of rotatable bonds is 4. The number of benzene rings is 1. The van der Waals surface area contributed by atoms with Crippen LogP contribution in [0.25, 0.3) is 0 Å². The van der Waals surface area contributed by atoms with Crippen LogP contribution in [0, 0.1) is 23.2 Å². The Labute approximate surface area is 160 Å². The quantitative estimate of drug-likeness (QED) is 0.667. The van der Waals surface area contributed by atoms with Crippen LogP contribution in [0.2, 0.25) is 0 Å². The van der Waals surface area contributed by atoms with Crippen LogP contribution in [-0.4, -0.2) is 25.2 Å². The van der Waals surface area contributed by atoms with Gasteiger partial charge in [0.15, 0.2) is 5.82 Å². The van der Waals surface area contributed by atoms with Crippen LogP contribution in [0.1, 0.15) is 24.0 Å². The highest BCUT2D eigenvalue weighted by molar-refractivity contribution is 5.64. The number of nitrogens with zero attached hydrogens (tertiary/aromatic N) is 3. The Hall–Kier alpha value is -3.28. The summed E-state index contributed by atoms with van der Waals surface area (Å²) < 4.78 is 0. The molecule has 0 spiro atoms. The fourth-order valence-electron chi connectivity index (χ4n) is 3.06. The van der Waals surface area contributed by atoms with Crippen molar-refractivity contribution < 1.29 is 4.84 Å². The van der Waals surface area contributed by atoms with E-state index in [1.807, 2.05) is 42.5 Å². The largest absolute Gasteiger partial charge is 0.354 e. The van der Waals surface area contributed by atoms with Gasteiger partial charge in [-0.2, -0.15) is 5.26 Å². The van der Waals surface area contributed by atoms with Crippen LogP contribution in [0.4, 0.5) is 11.5 Å². The van der Waals surface area contributed by atoms with E-state index < -0.39 is 0 Å². The molecular formula is C22H22N4O. The predicted molar refractivity (Wildman–Crippen MR) is 107 cm³/mol. The molecule has 1 fully saturated rings. The molecule has 5 heteroatoms. The molecule has 2 aromatic rings. The van der Waals surface area contributed by atoms with E-state index in [4.69, 9.17) is 10.1 Å². The lowest BCUT2D eigenvalue weighted by Gasteiger charge is -2.30. The molecule has 0 saturated carbocycles. The van der Waals surface area contributed by atoms with E-state index in [1.165, 1.54) is 5.57 Å². The van der Waals surface area contributed by atoms with Gasteiger partial charge in [0, 0.05) is 24.8 Å². The summed E-state index contributed by atoms with van der Waals surface area (Å²) in [5.74, 6) is 7.25. The number of aromatic nitrogens is 1. The zero-order chi connectivity index (χ0) is 18.9. The average Bonchev–Trinajstić information content (AvgIpc) is 2.70. The lowest BCUT2D eigenvalue weighted by Crippen LogP contribution is -2.31. The van der Waals surface area contributed by atoms with Crippen LogP contribution < -0.4 is 10.4 Å². The number of hydrogen-bond donors (Lipinski definition) is 1. The first-order chi connectivity index (χ1) is 13.3. The highest BCUT2D eigenvalue weighted by Crippen LogP contribution is 2.27. The van der Waals surface area contributed by atoms with Crippen molar-refractivity contribution in [3.05, 3.63) is 65.4 Å². The summed E-state index contributed by atoms with van der Waals surface area (Å²) in [5, 5.41) is 8.79. The minimum absolute atomic E-state index is 0.417. The van der Waals surface area contributed by atoms with Crippen molar-refractivity contribution in [3.63, 3.8) is 0 Å².